The van der Waals surface area contributed by atoms with Gasteiger partial charge in [-0.1, -0.05) is 31.5 Å². The summed E-state index contributed by atoms with van der Waals surface area (Å²) in [4.78, 5) is 12.3. The van der Waals surface area contributed by atoms with E-state index in [1.165, 1.54) is 6.07 Å². The number of para-hydroxylation sites is 1. The average molecular weight is 374 g/mol. The molecule has 142 valence electrons. The highest BCUT2D eigenvalue weighted by molar-refractivity contribution is 5.85. The molecular weight excluding hydrogens is 354 g/mol. The number of halogens is 2. The van der Waals surface area contributed by atoms with E-state index in [4.69, 9.17) is 4.74 Å². The van der Waals surface area contributed by atoms with E-state index in [9.17, 15) is 13.6 Å². The zero-order chi connectivity index (χ0) is 19.0. The molecule has 2 aliphatic rings. The van der Waals surface area contributed by atoms with E-state index in [0.717, 1.165) is 29.7 Å². The Morgan fingerprint density at radius 2 is 1.89 bits per heavy atom. The number of unbranched alkanes of at least 4 members (excludes halogenated alkanes) is 1. The highest BCUT2D eigenvalue weighted by atomic mass is 19.3. The minimum atomic E-state index is -3.67. The molecule has 1 aliphatic heterocycles. The van der Waals surface area contributed by atoms with E-state index < -0.39 is 6.29 Å². The predicted octanol–water partition coefficient (Wildman–Crippen LogP) is 4.83. The molecule has 0 amide bonds. The molecule has 0 fully saturated rings. The number of carbonyl (C=O) groups excluding carboxylic acids is 1. The van der Waals surface area contributed by atoms with E-state index in [1.807, 2.05) is 24.3 Å². The number of hydrogen-bond donors (Lipinski definition) is 0. The maximum atomic E-state index is 13.4. The molecule has 4 nitrogen and oxygen atoms in total. The van der Waals surface area contributed by atoms with Gasteiger partial charge in [-0.3, -0.25) is 4.79 Å². The summed E-state index contributed by atoms with van der Waals surface area (Å²) in [6, 6.07) is 10.7. The van der Waals surface area contributed by atoms with Crippen molar-refractivity contribution in [1.82, 2.24) is 0 Å². The molecule has 1 unspecified atom stereocenters. The van der Waals surface area contributed by atoms with Crippen molar-refractivity contribution in [2.75, 3.05) is 6.61 Å². The number of fused-ring (bicyclic) bond motifs is 2. The van der Waals surface area contributed by atoms with Gasteiger partial charge in [-0.2, -0.15) is 0 Å². The van der Waals surface area contributed by atoms with Crippen LogP contribution in [0, 0.1) is 0 Å². The number of alkyl halides is 2. The number of benzene rings is 2. The molecule has 6 heteroatoms. The molecule has 2 aromatic rings. The van der Waals surface area contributed by atoms with Gasteiger partial charge in [-0.25, -0.2) is 0 Å². The van der Waals surface area contributed by atoms with E-state index in [1.54, 1.807) is 6.07 Å². The van der Waals surface area contributed by atoms with Crippen LogP contribution >= 0.6 is 0 Å². The molecule has 0 bridgehead atoms. The molecule has 0 aromatic heterocycles. The third-order valence-corrected chi connectivity index (χ3v) is 4.91. The van der Waals surface area contributed by atoms with E-state index in [-0.39, 0.29) is 29.6 Å². The Hall–Kier alpha value is -2.63. The molecule has 0 saturated heterocycles. The van der Waals surface area contributed by atoms with Gasteiger partial charge in [0.05, 0.1) is 6.61 Å². The fourth-order valence-electron chi connectivity index (χ4n) is 3.66. The second kappa shape index (κ2) is 6.83. The van der Waals surface area contributed by atoms with Crippen molar-refractivity contribution in [3.05, 3.63) is 53.1 Å². The second-order valence-corrected chi connectivity index (χ2v) is 6.88. The lowest BCUT2D eigenvalue weighted by atomic mass is 9.78. The first kappa shape index (κ1) is 17.8. The summed E-state index contributed by atoms with van der Waals surface area (Å²) in [5.41, 5.74) is 2.38. The summed E-state index contributed by atoms with van der Waals surface area (Å²) < 4.78 is 41.9. The Kier molecular flexibility index (Phi) is 4.50. The maximum absolute atomic E-state index is 13.4. The topological polar surface area (TPSA) is 44.8 Å². The fraction of sp³-hybridized carbons (Fsp3) is 0.381. The van der Waals surface area contributed by atoms with Crippen molar-refractivity contribution >= 4 is 5.78 Å². The molecule has 1 atom stereocenters. The van der Waals surface area contributed by atoms with Crippen LogP contribution in [0.4, 0.5) is 8.78 Å². The van der Waals surface area contributed by atoms with Crippen molar-refractivity contribution in [3.63, 3.8) is 0 Å². The lowest BCUT2D eigenvalue weighted by molar-refractivity contribution is -0.286. The van der Waals surface area contributed by atoms with Gasteiger partial charge in [0, 0.05) is 24.3 Å². The molecule has 0 saturated carbocycles. The number of rotatable bonds is 5. The number of ketones is 1. The van der Waals surface area contributed by atoms with Crippen molar-refractivity contribution < 1.29 is 27.8 Å². The van der Waals surface area contributed by atoms with E-state index in [2.05, 4.69) is 16.4 Å². The predicted molar refractivity (Wildman–Crippen MR) is 94.7 cm³/mol. The third kappa shape index (κ3) is 3.48. The van der Waals surface area contributed by atoms with Crippen molar-refractivity contribution in [3.8, 4) is 17.2 Å². The Morgan fingerprint density at radius 3 is 2.67 bits per heavy atom. The number of carbonyl (C=O) groups is 1. The summed E-state index contributed by atoms with van der Waals surface area (Å²) in [6.45, 7) is 2.68. The Labute approximate surface area is 156 Å². The fourth-order valence-corrected chi connectivity index (χ4v) is 3.66. The largest absolute Gasteiger partial charge is 0.586 e. The van der Waals surface area contributed by atoms with Gasteiger partial charge in [-0.15, -0.1) is 8.78 Å². The lowest BCUT2D eigenvalue weighted by Crippen LogP contribution is -2.25. The minimum Gasteiger partial charge on any atom is -0.493 e. The van der Waals surface area contributed by atoms with Crippen molar-refractivity contribution in [2.45, 2.75) is 44.8 Å². The summed E-state index contributed by atoms with van der Waals surface area (Å²) in [5, 5.41) is 0. The van der Waals surface area contributed by atoms with Crippen LogP contribution < -0.4 is 14.2 Å². The average Bonchev–Trinajstić information content (AvgIpc) is 2.92. The normalized spacial score (nSPS) is 19.7. The molecule has 1 heterocycles. The smallest absolute Gasteiger partial charge is 0.493 e. The molecule has 4 rings (SSSR count). The number of hydrogen-bond acceptors (Lipinski definition) is 4. The van der Waals surface area contributed by atoms with Gasteiger partial charge in [0.2, 0.25) is 0 Å². The quantitative estimate of drug-likeness (QED) is 0.703. The standard InChI is InChI=1S/C21H20F2O4/c1-2-3-8-25-18-7-5-4-6-15(18)17-11-14(24)9-13-10-19-20(12-16(13)17)27-21(22,23)26-19/h4-7,10,12,17H,2-3,8-9,11H2,1H3. The van der Waals surface area contributed by atoms with E-state index >= 15 is 0 Å². The van der Waals surface area contributed by atoms with Crippen LogP contribution in [0.15, 0.2) is 36.4 Å². The first-order valence-electron chi connectivity index (χ1n) is 9.13. The molecule has 0 N–H and O–H groups in total. The zero-order valence-corrected chi connectivity index (χ0v) is 15.0. The first-order valence-corrected chi connectivity index (χ1v) is 9.13. The number of Topliss-reactive ketones (excluding diaryl/α,β-unsaturated/α-hetero) is 1. The van der Waals surface area contributed by atoms with E-state index in [0.29, 0.717) is 18.6 Å². The van der Waals surface area contributed by atoms with Gasteiger partial charge >= 0.3 is 6.29 Å². The van der Waals surface area contributed by atoms with Crippen LogP contribution in [0.5, 0.6) is 17.2 Å². The first-order chi connectivity index (χ1) is 13.0. The van der Waals surface area contributed by atoms with Gasteiger partial charge in [0.15, 0.2) is 11.5 Å². The Morgan fingerprint density at radius 1 is 1.15 bits per heavy atom. The van der Waals surface area contributed by atoms with Crippen LogP contribution in [-0.4, -0.2) is 18.7 Å². The summed E-state index contributed by atoms with van der Waals surface area (Å²) in [6.07, 6.45) is -1.22. The lowest BCUT2D eigenvalue weighted by Gasteiger charge is -2.27. The monoisotopic (exact) mass is 374 g/mol. The summed E-state index contributed by atoms with van der Waals surface area (Å²) in [7, 11) is 0. The van der Waals surface area contributed by atoms with Gasteiger partial charge < -0.3 is 14.2 Å². The van der Waals surface area contributed by atoms with Gasteiger partial charge in [0.25, 0.3) is 0 Å². The third-order valence-electron chi connectivity index (χ3n) is 4.91. The molecular formula is C21H20F2O4. The molecule has 1 aliphatic carbocycles. The van der Waals surface area contributed by atoms with Crippen LogP contribution in [0.1, 0.15) is 48.8 Å². The molecule has 27 heavy (non-hydrogen) atoms. The molecule has 0 radical (unpaired) electrons. The van der Waals surface area contributed by atoms with Crippen LogP contribution in [0.25, 0.3) is 0 Å². The van der Waals surface area contributed by atoms with Crippen LogP contribution in [-0.2, 0) is 11.2 Å². The Bertz CT molecular complexity index is 878. The summed E-state index contributed by atoms with van der Waals surface area (Å²) in [5.74, 6) is 0.491. The highest BCUT2D eigenvalue weighted by Crippen LogP contribution is 2.47. The SMILES string of the molecule is CCCCOc1ccccc1C1CC(=O)Cc2cc3c(cc21)OC(F)(F)O3. The van der Waals surface area contributed by atoms with Crippen LogP contribution in [0.2, 0.25) is 0 Å². The van der Waals surface area contributed by atoms with Crippen LogP contribution in [0.3, 0.4) is 0 Å². The highest BCUT2D eigenvalue weighted by Gasteiger charge is 2.44. The van der Waals surface area contributed by atoms with Gasteiger partial charge in [0.1, 0.15) is 11.5 Å². The zero-order valence-electron chi connectivity index (χ0n) is 15.0. The minimum absolute atomic E-state index is 0.00230. The maximum Gasteiger partial charge on any atom is 0.586 e. The second-order valence-electron chi connectivity index (χ2n) is 6.88. The Balaban J connectivity index is 1.73. The molecule has 0 spiro atoms. The van der Waals surface area contributed by atoms with Gasteiger partial charge in [-0.05, 0) is 35.7 Å². The summed E-state index contributed by atoms with van der Waals surface area (Å²) >= 11 is 0. The molecule has 2 aromatic carbocycles. The number of ether oxygens (including phenoxy) is 3. The van der Waals surface area contributed by atoms with Crippen molar-refractivity contribution in [2.24, 2.45) is 0 Å². The van der Waals surface area contributed by atoms with Crippen molar-refractivity contribution in [1.29, 1.82) is 0 Å².